The van der Waals surface area contributed by atoms with Crippen LogP contribution in [0.25, 0.3) is 0 Å². The van der Waals surface area contributed by atoms with E-state index in [1.165, 1.54) is 0 Å². The van der Waals surface area contributed by atoms with Crippen molar-refractivity contribution in [1.82, 2.24) is 9.91 Å². The van der Waals surface area contributed by atoms with Crippen LogP contribution in [0.3, 0.4) is 0 Å². The molecule has 0 fully saturated rings. The second kappa shape index (κ2) is 7.26. The molecule has 3 nitrogen and oxygen atoms in total. The zero-order valence-corrected chi connectivity index (χ0v) is 12.3. The van der Waals surface area contributed by atoms with Gasteiger partial charge in [0.15, 0.2) is 6.17 Å². The summed E-state index contributed by atoms with van der Waals surface area (Å²) in [4.78, 5) is 0.979. The van der Waals surface area contributed by atoms with Gasteiger partial charge in [0, 0.05) is 13.1 Å². The Bertz CT molecular complexity index is 343. The molecule has 0 N–H and O–H groups in total. The zero-order valence-electron chi connectivity index (χ0n) is 12.3. The third kappa shape index (κ3) is 4.20. The lowest BCUT2D eigenvalue weighted by atomic mass is 10.1. The van der Waals surface area contributed by atoms with E-state index < -0.39 is 18.3 Å². The minimum absolute atomic E-state index is 0.104. The van der Waals surface area contributed by atoms with Crippen molar-refractivity contribution in [2.45, 2.75) is 64.2 Å². The summed E-state index contributed by atoms with van der Waals surface area (Å²) < 4.78 is 65.5. The van der Waals surface area contributed by atoms with E-state index in [-0.39, 0.29) is 13.1 Å². The third-order valence-electron chi connectivity index (χ3n) is 3.37. The second-order valence-electron chi connectivity index (χ2n) is 5.19. The molecule has 0 aromatic heterocycles. The number of hydrogen-bond donors (Lipinski definition) is 0. The Balaban J connectivity index is 2.80. The third-order valence-corrected chi connectivity index (χ3v) is 3.37. The van der Waals surface area contributed by atoms with Gasteiger partial charge in [0.05, 0.1) is 0 Å². The number of alkyl halides is 5. The van der Waals surface area contributed by atoms with Crippen molar-refractivity contribution in [3.05, 3.63) is 0 Å². The number of hydrazone groups is 1. The number of unbranched alkanes of at least 4 members (excludes halogenated alkanes) is 3. The molecular weight excluding hydrogens is 293 g/mol. The molecule has 1 heterocycles. The number of nitrogens with zero attached hydrogens (tertiary/aromatic N) is 3. The first-order valence-corrected chi connectivity index (χ1v) is 7.26. The van der Waals surface area contributed by atoms with Crippen molar-refractivity contribution < 1.29 is 22.0 Å². The molecule has 1 rings (SSSR count). The molecule has 1 atom stereocenters. The predicted octanol–water partition coefficient (Wildman–Crippen LogP) is 4.06. The monoisotopic (exact) mass is 315 g/mol. The van der Waals surface area contributed by atoms with Crippen LogP contribution in [0.5, 0.6) is 0 Å². The maximum atomic E-state index is 13.7. The Hall–Kier alpha value is -1.08. The van der Waals surface area contributed by atoms with E-state index in [0.29, 0.717) is 12.8 Å². The number of hydrogen-bond acceptors (Lipinski definition) is 3. The van der Waals surface area contributed by atoms with Gasteiger partial charge in [-0.2, -0.15) is 27.1 Å². The lowest BCUT2D eigenvalue weighted by Crippen LogP contribution is -2.59. The van der Waals surface area contributed by atoms with E-state index in [1.807, 2.05) is 6.92 Å². The largest absolute Gasteiger partial charge is 0.457 e. The fourth-order valence-corrected chi connectivity index (χ4v) is 2.29. The van der Waals surface area contributed by atoms with Gasteiger partial charge in [-0.3, -0.25) is 5.01 Å². The van der Waals surface area contributed by atoms with Crippen LogP contribution in [0.2, 0.25) is 0 Å². The van der Waals surface area contributed by atoms with Crippen molar-refractivity contribution in [3.8, 4) is 0 Å². The molecule has 8 heteroatoms. The summed E-state index contributed by atoms with van der Waals surface area (Å²) in [6.07, 6.45) is -2.86. The molecule has 0 spiro atoms. The molecule has 0 saturated carbocycles. The lowest BCUT2D eigenvalue weighted by molar-refractivity contribution is -0.314. The van der Waals surface area contributed by atoms with Gasteiger partial charge in [0.25, 0.3) is 0 Å². The smallest absolute Gasteiger partial charge is 0.334 e. The molecule has 0 aliphatic carbocycles. The van der Waals surface area contributed by atoms with Gasteiger partial charge >= 0.3 is 12.1 Å². The van der Waals surface area contributed by atoms with Gasteiger partial charge < -0.3 is 4.90 Å². The van der Waals surface area contributed by atoms with Gasteiger partial charge in [-0.05, 0) is 12.8 Å². The zero-order chi connectivity index (χ0) is 16.1. The van der Waals surface area contributed by atoms with E-state index in [4.69, 9.17) is 0 Å². The molecule has 1 unspecified atom stereocenters. The van der Waals surface area contributed by atoms with Gasteiger partial charge in [-0.25, -0.2) is 0 Å². The molecule has 0 saturated heterocycles. The topological polar surface area (TPSA) is 18.8 Å². The van der Waals surface area contributed by atoms with Crippen LogP contribution in [0.4, 0.5) is 22.0 Å². The minimum atomic E-state index is -5.58. The SMILES string of the molecule is CCCCCCN1N=CN(CCC)C1C(F)(F)C(F)(F)F. The Morgan fingerprint density at radius 1 is 0.952 bits per heavy atom. The summed E-state index contributed by atoms with van der Waals surface area (Å²) in [7, 11) is 0. The Labute approximate surface area is 121 Å². The summed E-state index contributed by atoms with van der Waals surface area (Å²) in [6.45, 7) is 3.94. The van der Waals surface area contributed by atoms with E-state index in [2.05, 4.69) is 5.10 Å². The lowest BCUT2D eigenvalue weighted by Gasteiger charge is -2.36. The maximum absolute atomic E-state index is 13.7. The average molecular weight is 315 g/mol. The first kappa shape index (κ1) is 18.0. The summed E-state index contributed by atoms with van der Waals surface area (Å²) in [5.41, 5.74) is 0. The minimum Gasteiger partial charge on any atom is -0.334 e. The van der Waals surface area contributed by atoms with Crippen LogP contribution in [0, 0.1) is 0 Å². The van der Waals surface area contributed by atoms with Gasteiger partial charge in [0.2, 0.25) is 0 Å². The summed E-state index contributed by atoms with van der Waals surface area (Å²) >= 11 is 0. The van der Waals surface area contributed by atoms with Crippen LogP contribution in [-0.2, 0) is 0 Å². The molecule has 0 radical (unpaired) electrons. The van der Waals surface area contributed by atoms with Gasteiger partial charge in [-0.1, -0.05) is 33.1 Å². The molecule has 124 valence electrons. The molecular formula is C13H22F5N3. The van der Waals surface area contributed by atoms with Gasteiger partial charge in [0.1, 0.15) is 6.34 Å². The van der Waals surface area contributed by atoms with Crippen molar-refractivity contribution in [1.29, 1.82) is 0 Å². The molecule has 1 aliphatic heterocycles. The highest BCUT2D eigenvalue weighted by Gasteiger charge is 2.66. The first-order chi connectivity index (χ1) is 9.75. The number of rotatable bonds is 8. The molecule has 21 heavy (non-hydrogen) atoms. The van der Waals surface area contributed by atoms with E-state index >= 15 is 0 Å². The number of halogens is 5. The van der Waals surface area contributed by atoms with Crippen LogP contribution < -0.4 is 0 Å². The second-order valence-corrected chi connectivity index (χ2v) is 5.19. The Morgan fingerprint density at radius 3 is 2.14 bits per heavy atom. The highest BCUT2D eigenvalue weighted by molar-refractivity contribution is 5.57. The van der Waals surface area contributed by atoms with Crippen molar-refractivity contribution in [2.75, 3.05) is 13.1 Å². The van der Waals surface area contributed by atoms with Crippen LogP contribution in [0.1, 0.15) is 46.0 Å². The predicted molar refractivity (Wildman–Crippen MR) is 71.1 cm³/mol. The average Bonchev–Trinajstić information content (AvgIpc) is 2.77. The van der Waals surface area contributed by atoms with Crippen LogP contribution in [-0.4, -0.2) is 47.6 Å². The normalized spacial score (nSPS) is 19.7. The van der Waals surface area contributed by atoms with E-state index in [9.17, 15) is 22.0 Å². The quantitative estimate of drug-likeness (QED) is 0.497. The van der Waals surface area contributed by atoms with Crippen molar-refractivity contribution in [2.24, 2.45) is 5.10 Å². The summed E-state index contributed by atoms with van der Waals surface area (Å²) in [6, 6.07) is 0. The van der Waals surface area contributed by atoms with Crippen LogP contribution in [0.15, 0.2) is 5.10 Å². The Morgan fingerprint density at radius 2 is 1.62 bits per heavy atom. The molecule has 1 aliphatic rings. The Kier molecular flexibility index (Phi) is 6.22. The maximum Gasteiger partial charge on any atom is 0.457 e. The first-order valence-electron chi connectivity index (χ1n) is 7.26. The molecule has 0 aromatic rings. The summed E-state index contributed by atoms with van der Waals surface area (Å²) in [5.74, 6) is -4.82. The fraction of sp³-hybridized carbons (Fsp3) is 0.923. The standard InChI is InChI=1S/C13H22F5N3/c1-3-5-6-7-9-21-11(12(14,15)13(16,17)18)20(8-4-2)10-19-21/h10-11H,3-9H2,1-2H3. The van der Waals surface area contributed by atoms with Gasteiger partial charge in [-0.15, -0.1) is 0 Å². The highest BCUT2D eigenvalue weighted by Crippen LogP contribution is 2.42. The highest BCUT2D eigenvalue weighted by atomic mass is 19.4. The summed E-state index contributed by atoms with van der Waals surface area (Å²) in [5, 5.41) is 4.62. The van der Waals surface area contributed by atoms with Crippen molar-refractivity contribution >= 4 is 6.34 Å². The van der Waals surface area contributed by atoms with E-state index in [1.54, 1.807) is 6.92 Å². The fourth-order valence-electron chi connectivity index (χ4n) is 2.29. The molecule has 0 bridgehead atoms. The van der Waals surface area contributed by atoms with Crippen LogP contribution >= 0.6 is 0 Å². The molecule has 0 aromatic carbocycles. The molecule has 0 amide bonds. The van der Waals surface area contributed by atoms with E-state index in [0.717, 1.165) is 35.5 Å². The van der Waals surface area contributed by atoms with Crippen molar-refractivity contribution in [3.63, 3.8) is 0 Å².